The van der Waals surface area contributed by atoms with E-state index in [9.17, 15) is 4.79 Å². The molecule has 78 valence electrons. The van der Waals surface area contributed by atoms with Gasteiger partial charge in [0.15, 0.2) is 0 Å². The molecular formula is C9H20N2O2. The predicted octanol–water partition coefficient (Wildman–Crippen LogP) is 1.38. The molecule has 0 aromatic carbocycles. The maximum atomic E-state index is 10.2. The summed E-state index contributed by atoms with van der Waals surface area (Å²) < 4.78 is 4.58. The van der Waals surface area contributed by atoms with E-state index < -0.39 is 6.09 Å². The average molecular weight is 188 g/mol. The van der Waals surface area contributed by atoms with Crippen molar-refractivity contribution in [2.75, 3.05) is 6.61 Å². The van der Waals surface area contributed by atoms with Crippen molar-refractivity contribution < 1.29 is 9.53 Å². The molecule has 13 heavy (non-hydrogen) atoms. The lowest BCUT2D eigenvalue weighted by atomic mass is 10.1. The van der Waals surface area contributed by atoms with Gasteiger partial charge < -0.3 is 16.2 Å². The zero-order valence-corrected chi connectivity index (χ0v) is 8.29. The Morgan fingerprint density at radius 2 is 2.00 bits per heavy atom. The van der Waals surface area contributed by atoms with E-state index in [1.54, 1.807) is 0 Å². The summed E-state index contributed by atoms with van der Waals surface area (Å²) in [6.07, 6.45) is 4.37. The van der Waals surface area contributed by atoms with Gasteiger partial charge in [0.2, 0.25) is 0 Å². The minimum Gasteiger partial charge on any atom is -0.450 e. The largest absolute Gasteiger partial charge is 0.450 e. The Morgan fingerprint density at radius 1 is 1.38 bits per heavy atom. The third-order valence-corrected chi connectivity index (χ3v) is 1.89. The number of nitrogens with two attached hydrogens (primary N) is 2. The van der Waals surface area contributed by atoms with Crippen molar-refractivity contribution in [3.8, 4) is 0 Å². The van der Waals surface area contributed by atoms with Crippen molar-refractivity contribution in [3.05, 3.63) is 0 Å². The monoisotopic (exact) mass is 188 g/mol. The molecule has 0 aliphatic rings. The highest BCUT2D eigenvalue weighted by molar-refractivity contribution is 5.64. The first-order chi connectivity index (χ1) is 6.16. The Bertz CT molecular complexity index is 140. The highest BCUT2D eigenvalue weighted by Gasteiger charge is 2.01. The van der Waals surface area contributed by atoms with Crippen molar-refractivity contribution >= 4 is 6.09 Å². The van der Waals surface area contributed by atoms with Gasteiger partial charge in [0.25, 0.3) is 0 Å². The fourth-order valence-corrected chi connectivity index (χ4v) is 1.13. The maximum absolute atomic E-state index is 10.2. The summed E-state index contributed by atoms with van der Waals surface area (Å²) in [5.74, 6) is 0. The minimum atomic E-state index is -0.706. The molecule has 0 aliphatic carbocycles. The second kappa shape index (κ2) is 7.86. The molecule has 4 nitrogen and oxygen atoms in total. The first-order valence-corrected chi connectivity index (χ1v) is 4.84. The highest BCUT2D eigenvalue weighted by Crippen LogP contribution is 2.04. The van der Waals surface area contributed by atoms with Crippen LogP contribution in [0.25, 0.3) is 0 Å². The smallest absolute Gasteiger partial charge is 0.404 e. The van der Waals surface area contributed by atoms with E-state index in [-0.39, 0.29) is 6.04 Å². The number of rotatable bonds is 7. The molecule has 1 unspecified atom stereocenters. The maximum Gasteiger partial charge on any atom is 0.404 e. The summed E-state index contributed by atoms with van der Waals surface area (Å²) in [7, 11) is 0. The fraction of sp³-hybridized carbons (Fsp3) is 0.889. The first kappa shape index (κ1) is 12.2. The van der Waals surface area contributed by atoms with Crippen LogP contribution in [0.5, 0.6) is 0 Å². The van der Waals surface area contributed by atoms with Crippen LogP contribution < -0.4 is 11.5 Å². The molecule has 0 bridgehead atoms. The van der Waals surface area contributed by atoms with E-state index in [0.29, 0.717) is 6.61 Å². The van der Waals surface area contributed by atoms with Gasteiger partial charge >= 0.3 is 6.09 Å². The molecule has 1 atom stereocenters. The van der Waals surface area contributed by atoms with E-state index in [2.05, 4.69) is 11.7 Å². The Balaban J connectivity index is 3.16. The van der Waals surface area contributed by atoms with Crippen LogP contribution in [0.3, 0.4) is 0 Å². The molecular weight excluding hydrogens is 168 g/mol. The van der Waals surface area contributed by atoms with E-state index in [0.717, 1.165) is 25.7 Å². The quantitative estimate of drug-likeness (QED) is 0.592. The van der Waals surface area contributed by atoms with Crippen LogP contribution in [-0.4, -0.2) is 18.7 Å². The molecule has 0 radical (unpaired) electrons. The third-order valence-electron chi connectivity index (χ3n) is 1.89. The normalized spacial score (nSPS) is 12.5. The summed E-state index contributed by atoms with van der Waals surface area (Å²) >= 11 is 0. The molecule has 4 heteroatoms. The molecule has 0 aromatic heterocycles. The van der Waals surface area contributed by atoms with Gasteiger partial charge in [-0.15, -0.1) is 0 Å². The topological polar surface area (TPSA) is 78.3 Å². The summed E-state index contributed by atoms with van der Waals surface area (Å²) in [5.41, 5.74) is 10.6. The lowest BCUT2D eigenvalue weighted by molar-refractivity contribution is 0.153. The van der Waals surface area contributed by atoms with Crippen molar-refractivity contribution in [2.45, 2.75) is 45.1 Å². The van der Waals surface area contributed by atoms with Crippen LogP contribution in [0.15, 0.2) is 0 Å². The van der Waals surface area contributed by atoms with E-state index in [4.69, 9.17) is 11.5 Å². The predicted molar refractivity (Wildman–Crippen MR) is 52.3 cm³/mol. The van der Waals surface area contributed by atoms with Gasteiger partial charge in [0, 0.05) is 6.04 Å². The summed E-state index contributed by atoms with van der Waals surface area (Å²) in [5, 5.41) is 0. The van der Waals surface area contributed by atoms with Crippen molar-refractivity contribution in [1.29, 1.82) is 0 Å². The Labute approximate surface area is 79.6 Å². The van der Waals surface area contributed by atoms with Gasteiger partial charge in [0.1, 0.15) is 0 Å². The number of ether oxygens (including phenoxy) is 1. The molecule has 0 aliphatic heterocycles. The molecule has 0 saturated heterocycles. The zero-order chi connectivity index (χ0) is 10.1. The Morgan fingerprint density at radius 3 is 2.54 bits per heavy atom. The highest BCUT2D eigenvalue weighted by atomic mass is 16.5. The summed E-state index contributed by atoms with van der Waals surface area (Å²) in [6.45, 7) is 2.53. The standard InChI is InChI=1S/C9H20N2O2/c1-2-3-5-8(10)6-4-7-13-9(11)12/h8H,2-7,10H2,1H3,(H2,11,12). The number of amides is 1. The van der Waals surface area contributed by atoms with Gasteiger partial charge in [-0.3, -0.25) is 0 Å². The fourth-order valence-electron chi connectivity index (χ4n) is 1.13. The van der Waals surface area contributed by atoms with Gasteiger partial charge in [-0.2, -0.15) is 0 Å². The van der Waals surface area contributed by atoms with Gasteiger partial charge in [-0.1, -0.05) is 19.8 Å². The van der Waals surface area contributed by atoms with Crippen LogP contribution in [0.4, 0.5) is 4.79 Å². The van der Waals surface area contributed by atoms with Crippen LogP contribution in [0.1, 0.15) is 39.0 Å². The second-order valence-corrected chi connectivity index (χ2v) is 3.21. The second-order valence-electron chi connectivity index (χ2n) is 3.21. The number of primary amides is 1. The van der Waals surface area contributed by atoms with Gasteiger partial charge in [-0.05, 0) is 19.3 Å². The number of hydrogen-bond donors (Lipinski definition) is 2. The third kappa shape index (κ3) is 9.14. The van der Waals surface area contributed by atoms with Crippen LogP contribution in [0.2, 0.25) is 0 Å². The lowest BCUT2D eigenvalue weighted by Gasteiger charge is -2.09. The molecule has 0 rings (SSSR count). The molecule has 0 aromatic rings. The number of unbranched alkanes of at least 4 members (excludes halogenated alkanes) is 1. The van der Waals surface area contributed by atoms with Gasteiger partial charge in [0.05, 0.1) is 6.61 Å². The van der Waals surface area contributed by atoms with Crippen LogP contribution in [0, 0.1) is 0 Å². The molecule has 4 N–H and O–H groups in total. The molecule has 0 heterocycles. The van der Waals surface area contributed by atoms with Crippen molar-refractivity contribution in [2.24, 2.45) is 11.5 Å². The zero-order valence-electron chi connectivity index (χ0n) is 8.29. The summed E-state index contributed by atoms with van der Waals surface area (Å²) in [4.78, 5) is 10.2. The minimum absolute atomic E-state index is 0.233. The molecule has 1 amide bonds. The van der Waals surface area contributed by atoms with Crippen molar-refractivity contribution in [3.63, 3.8) is 0 Å². The molecule has 0 saturated carbocycles. The SMILES string of the molecule is CCCCC(N)CCCOC(N)=O. The number of hydrogen-bond acceptors (Lipinski definition) is 3. The lowest BCUT2D eigenvalue weighted by Crippen LogP contribution is -2.21. The molecule has 0 fully saturated rings. The Kier molecular flexibility index (Phi) is 7.39. The number of carbonyl (C=O) groups excluding carboxylic acids is 1. The Hall–Kier alpha value is -0.770. The average Bonchev–Trinajstić information content (AvgIpc) is 2.08. The van der Waals surface area contributed by atoms with E-state index in [1.165, 1.54) is 6.42 Å². The first-order valence-electron chi connectivity index (χ1n) is 4.84. The van der Waals surface area contributed by atoms with E-state index in [1.807, 2.05) is 0 Å². The van der Waals surface area contributed by atoms with E-state index >= 15 is 0 Å². The van der Waals surface area contributed by atoms with Gasteiger partial charge in [-0.25, -0.2) is 4.79 Å². The number of carbonyl (C=O) groups is 1. The van der Waals surface area contributed by atoms with Crippen LogP contribution in [-0.2, 0) is 4.74 Å². The summed E-state index contributed by atoms with van der Waals surface area (Å²) in [6, 6.07) is 0.233. The molecule has 0 spiro atoms. The van der Waals surface area contributed by atoms with Crippen molar-refractivity contribution in [1.82, 2.24) is 0 Å². The van der Waals surface area contributed by atoms with Crippen LogP contribution >= 0.6 is 0 Å².